The van der Waals surface area contributed by atoms with Crippen molar-refractivity contribution in [1.82, 2.24) is 15.3 Å². The molecule has 1 rings (SSSR count). The Labute approximate surface area is 116 Å². The predicted octanol–water partition coefficient (Wildman–Crippen LogP) is -0.0519. The minimum Gasteiger partial charge on any atom is -0.304 e. The first kappa shape index (κ1) is 16.8. The van der Waals surface area contributed by atoms with E-state index in [1.807, 2.05) is 0 Å². The number of hydrogen-bond donors (Lipinski definition) is 2. The Morgan fingerprint density at radius 3 is 2.08 bits per heavy atom. The van der Waals surface area contributed by atoms with E-state index >= 15 is 0 Å². The first-order valence-corrected chi connectivity index (χ1v) is 4.47. The molecule has 0 aromatic rings. The number of hydrogen-bond acceptors (Lipinski definition) is 3. The molecule has 3 nitrogen and oxygen atoms in total. The number of thiol groups is 1. The van der Waals surface area contributed by atoms with Crippen LogP contribution in [0.1, 0.15) is 0 Å². The Kier molecular flexibility index (Phi) is 11.3. The van der Waals surface area contributed by atoms with Crippen molar-refractivity contribution in [3.63, 3.8) is 0 Å². The van der Waals surface area contributed by atoms with Crippen LogP contribution in [0.15, 0.2) is 0 Å². The van der Waals surface area contributed by atoms with Gasteiger partial charge in [-0.1, -0.05) is 12.2 Å². The van der Waals surface area contributed by atoms with Gasteiger partial charge in [-0.15, -0.1) is 12.6 Å². The fourth-order valence-electron chi connectivity index (χ4n) is 1.05. The van der Waals surface area contributed by atoms with Crippen molar-refractivity contribution in [2.45, 2.75) is 0 Å². The van der Waals surface area contributed by atoms with E-state index in [0.29, 0.717) is 4.32 Å². The predicted molar refractivity (Wildman–Crippen MR) is 53.8 cm³/mol. The molecule has 68 valence electrons. The van der Waals surface area contributed by atoms with Gasteiger partial charge in [0.2, 0.25) is 0 Å². The molecule has 1 heterocycles. The summed E-state index contributed by atoms with van der Waals surface area (Å²) in [4.78, 5) is 2.29. The molecule has 13 heavy (non-hydrogen) atoms. The van der Waals surface area contributed by atoms with E-state index in [4.69, 9.17) is 12.2 Å². The Hall–Kier alpha value is 1.41. The molecule has 0 bridgehead atoms. The number of thiocarbonyl (C=S) groups is 1. The second-order valence-corrected chi connectivity index (χ2v) is 3.87. The zero-order chi connectivity index (χ0) is 8.27. The second-order valence-electron chi connectivity index (χ2n) is 2.71. The molecule has 1 fully saturated rings. The van der Waals surface area contributed by atoms with Gasteiger partial charge in [-0.3, -0.25) is 0 Å². The van der Waals surface area contributed by atoms with Gasteiger partial charge in [0.15, 0.2) is 0 Å². The van der Waals surface area contributed by atoms with E-state index < -0.39 is 0 Å². The number of nitrogens with zero attached hydrogens (tertiary/aromatic N) is 2. The molecular formula is C6H13N3S2Zn2. The van der Waals surface area contributed by atoms with Crippen LogP contribution in [0.5, 0.6) is 0 Å². The van der Waals surface area contributed by atoms with E-state index in [9.17, 15) is 0 Å². The van der Waals surface area contributed by atoms with Gasteiger partial charge in [0, 0.05) is 65.1 Å². The van der Waals surface area contributed by atoms with Crippen molar-refractivity contribution >= 4 is 29.2 Å². The van der Waals surface area contributed by atoms with Crippen LogP contribution < -0.4 is 5.43 Å². The van der Waals surface area contributed by atoms with Gasteiger partial charge < -0.3 is 10.3 Å². The van der Waals surface area contributed by atoms with Gasteiger partial charge in [0.25, 0.3) is 0 Å². The quantitative estimate of drug-likeness (QED) is 0.400. The number of hydrazine groups is 1. The third kappa shape index (κ3) is 7.35. The molecule has 0 spiro atoms. The molecule has 7 heteroatoms. The average Bonchev–Trinajstić information content (AvgIpc) is 1.93. The first-order chi connectivity index (χ1) is 5.18. The summed E-state index contributed by atoms with van der Waals surface area (Å²) in [5, 5.41) is 2.09. The fraction of sp³-hybridized carbons (Fsp3) is 0.833. The van der Waals surface area contributed by atoms with Crippen molar-refractivity contribution in [1.29, 1.82) is 0 Å². The minimum absolute atomic E-state index is 0. The molecule has 1 aliphatic heterocycles. The molecule has 0 atom stereocenters. The second kappa shape index (κ2) is 8.69. The van der Waals surface area contributed by atoms with Crippen LogP contribution in [0.4, 0.5) is 0 Å². The number of rotatable bonds is 1. The van der Waals surface area contributed by atoms with Crippen LogP contribution in [0, 0.1) is 0 Å². The van der Waals surface area contributed by atoms with Gasteiger partial charge in [-0.05, 0) is 7.05 Å². The van der Waals surface area contributed by atoms with Crippen molar-refractivity contribution in [3.05, 3.63) is 0 Å². The summed E-state index contributed by atoms with van der Waals surface area (Å²) in [6, 6.07) is 0. The topological polar surface area (TPSA) is 18.5 Å². The van der Waals surface area contributed by atoms with Crippen LogP contribution in [-0.2, 0) is 39.0 Å². The van der Waals surface area contributed by atoms with E-state index in [1.54, 1.807) is 0 Å². The normalized spacial score (nSPS) is 18.3. The zero-order valence-corrected chi connectivity index (χ0v) is 15.6. The number of piperazine rings is 1. The van der Waals surface area contributed by atoms with Crippen LogP contribution in [0.2, 0.25) is 0 Å². The number of likely N-dealkylation sites (N-methyl/N-ethyl adjacent to an activating group) is 1. The Morgan fingerprint density at radius 1 is 1.23 bits per heavy atom. The molecular weight excluding hydrogens is 309 g/mol. The summed E-state index contributed by atoms with van der Waals surface area (Å²) in [5.74, 6) is 0. The van der Waals surface area contributed by atoms with E-state index in [-0.39, 0.29) is 39.0 Å². The fourth-order valence-corrected chi connectivity index (χ4v) is 1.32. The van der Waals surface area contributed by atoms with Crippen molar-refractivity contribution in [3.8, 4) is 0 Å². The van der Waals surface area contributed by atoms with Crippen molar-refractivity contribution in [2.75, 3.05) is 33.2 Å². The molecule has 0 amide bonds. The Bertz CT molecular complexity index is 151. The SMILES string of the molecule is CN1CCN(NC(=S)S)CC1.[Zn].[Zn]. The molecule has 0 saturated carbocycles. The van der Waals surface area contributed by atoms with Gasteiger partial charge in [-0.25, -0.2) is 5.01 Å². The van der Waals surface area contributed by atoms with Crippen molar-refractivity contribution in [2.24, 2.45) is 0 Å². The van der Waals surface area contributed by atoms with Crippen LogP contribution in [-0.4, -0.2) is 47.5 Å². The number of nitrogens with one attached hydrogen (secondary N) is 1. The van der Waals surface area contributed by atoms with Gasteiger partial charge in [-0.2, -0.15) is 0 Å². The van der Waals surface area contributed by atoms with Gasteiger partial charge in [0.1, 0.15) is 4.32 Å². The molecule has 0 aromatic heterocycles. The molecule has 1 saturated heterocycles. The van der Waals surface area contributed by atoms with Crippen LogP contribution >= 0.6 is 24.8 Å². The maximum atomic E-state index is 4.80. The summed E-state index contributed by atoms with van der Waals surface area (Å²) in [6.07, 6.45) is 0. The monoisotopic (exact) mass is 319 g/mol. The van der Waals surface area contributed by atoms with Crippen LogP contribution in [0.25, 0.3) is 0 Å². The Morgan fingerprint density at radius 2 is 1.69 bits per heavy atom. The standard InChI is InChI=1S/C6H13N3S2.2Zn/c1-8-2-4-9(5-3-8)7-6(10)11;;/h2-5H2,1H3,(H2,7,10,11);;. The molecule has 0 aromatic carbocycles. The first-order valence-electron chi connectivity index (χ1n) is 3.61. The van der Waals surface area contributed by atoms with E-state index in [2.05, 4.69) is 35.0 Å². The smallest absolute Gasteiger partial charge is 0.145 e. The summed E-state index contributed by atoms with van der Waals surface area (Å²) < 4.78 is 0.551. The average molecular weight is 322 g/mol. The molecule has 0 radical (unpaired) electrons. The summed E-state index contributed by atoms with van der Waals surface area (Å²) in [7, 11) is 2.12. The summed E-state index contributed by atoms with van der Waals surface area (Å²) in [5.41, 5.74) is 3.00. The minimum atomic E-state index is 0. The van der Waals surface area contributed by atoms with Crippen molar-refractivity contribution < 1.29 is 39.0 Å². The zero-order valence-electron chi connectivity index (χ0n) is 7.99. The maximum Gasteiger partial charge on any atom is 0.145 e. The summed E-state index contributed by atoms with van der Waals surface area (Å²) in [6.45, 7) is 4.20. The third-order valence-electron chi connectivity index (χ3n) is 1.76. The Balaban J connectivity index is 0. The maximum absolute atomic E-state index is 4.80. The van der Waals surface area contributed by atoms with Gasteiger partial charge in [0.05, 0.1) is 0 Å². The molecule has 1 aliphatic rings. The molecule has 0 unspecified atom stereocenters. The molecule has 0 aliphatic carbocycles. The van der Waals surface area contributed by atoms with E-state index in [0.717, 1.165) is 26.2 Å². The van der Waals surface area contributed by atoms with E-state index in [1.165, 1.54) is 0 Å². The molecule has 1 N–H and O–H groups in total. The van der Waals surface area contributed by atoms with Crippen LogP contribution in [0.3, 0.4) is 0 Å². The summed E-state index contributed by atoms with van der Waals surface area (Å²) >= 11 is 8.80. The van der Waals surface area contributed by atoms with Gasteiger partial charge >= 0.3 is 0 Å². The third-order valence-corrected chi connectivity index (χ3v) is 1.95. The largest absolute Gasteiger partial charge is 0.304 e.